The van der Waals surface area contributed by atoms with Gasteiger partial charge in [-0.05, 0) is 61.1 Å². The average molecular weight is 450 g/mol. The van der Waals surface area contributed by atoms with Gasteiger partial charge in [-0.1, -0.05) is 24.6 Å². The maximum absolute atomic E-state index is 11.6. The molecule has 1 aromatic heterocycles. The van der Waals surface area contributed by atoms with E-state index >= 15 is 0 Å². The molecule has 6 nitrogen and oxygen atoms in total. The van der Waals surface area contributed by atoms with Crippen molar-refractivity contribution in [1.29, 1.82) is 0 Å². The molecule has 3 aromatic rings. The van der Waals surface area contributed by atoms with Crippen LogP contribution in [0.25, 0.3) is 11.3 Å². The van der Waals surface area contributed by atoms with Gasteiger partial charge in [0, 0.05) is 31.0 Å². The van der Waals surface area contributed by atoms with Crippen molar-refractivity contribution in [2.45, 2.75) is 43.0 Å². The molecule has 1 saturated carbocycles. The first-order chi connectivity index (χ1) is 15.5. The lowest BCUT2D eigenvalue weighted by atomic mass is 9.91. The fourth-order valence-corrected chi connectivity index (χ4v) is 5.04. The Hall–Kier alpha value is -2.77. The predicted octanol–water partition coefficient (Wildman–Crippen LogP) is 4.29. The molecular formula is C25H27N3O3S. The SMILES string of the molecule is CS(=O)(=O)c1ccc(-c2cnc(Oc3ccc4c(c3)CCN(C3CCC3)CC4)cn2)cc1. The minimum atomic E-state index is -3.22. The van der Waals surface area contributed by atoms with Crippen molar-refractivity contribution >= 4 is 9.84 Å². The minimum Gasteiger partial charge on any atom is -0.437 e. The molecule has 0 saturated heterocycles. The standard InChI is InChI=1S/C25H27N3O3S/c1-32(29,30)23-9-6-19(7-10-23)24-16-27-25(17-26-24)31-22-8-5-18-11-13-28(21-3-2-4-21)14-12-20(18)15-22/h5-10,15-17,21H,2-4,11-14H2,1H3. The zero-order valence-electron chi connectivity index (χ0n) is 18.2. The highest BCUT2D eigenvalue weighted by atomic mass is 32.2. The van der Waals surface area contributed by atoms with Crippen LogP contribution in [-0.4, -0.2) is 48.7 Å². The number of fused-ring (bicyclic) bond motifs is 1. The largest absolute Gasteiger partial charge is 0.437 e. The van der Waals surface area contributed by atoms with Crippen LogP contribution in [0, 0.1) is 0 Å². The Morgan fingerprint density at radius 3 is 2.31 bits per heavy atom. The van der Waals surface area contributed by atoms with Crippen LogP contribution in [-0.2, 0) is 22.7 Å². The number of sulfone groups is 1. The summed E-state index contributed by atoms with van der Waals surface area (Å²) in [7, 11) is -3.22. The van der Waals surface area contributed by atoms with E-state index < -0.39 is 9.84 Å². The zero-order valence-corrected chi connectivity index (χ0v) is 19.0. The second-order valence-corrected chi connectivity index (χ2v) is 10.7. The Labute approximate surface area is 189 Å². The Morgan fingerprint density at radius 1 is 0.938 bits per heavy atom. The molecule has 2 aliphatic rings. The van der Waals surface area contributed by atoms with Crippen molar-refractivity contribution in [2.24, 2.45) is 0 Å². The fourth-order valence-electron chi connectivity index (χ4n) is 4.41. The topological polar surface area (TPSA) is 72.4 Å². The van der Waals surface area contributed by atoms with Crippen molar-refractivity contribution in [3.05, 3.63) is 66.0 Å². The van der Waals surface area contributed by atoms with E-state index in [0.29, 0.717) is 11.6 Å². The number of ether oxygens (including phenoxy) is 1. The lowest BCUT2D eigenvalue weighted by Gasteiger charge is -2.36. The second kappa shape index (κ2) is 8.64. The van der Waals surface area contributed by atoms with E-state index in [1.165, 1.54) is 36.6 Å². The number of nitrogens with zero attached hydrogens (tertiary/aromatic N) is 3. The van der Waals surface area contributed by atoms with E-state index in [1.54, 1.807) is 36.7 Å². The molecule has 32 heavy (non-hydrogen) atoms. The Balaban J connectivity index is 1.26. The first-order valence-corrected chi connectivity index (χ1v) is 13.0. The van der Waals surface area contributed by atoms with E-state index in [-0.39, 0.29) is 4.90 Å². The van der Waals surface area contributed by atoms with E-state index in [4.69, 9.17) is 4.74 Å². The van der Waals surface area contributed by atoms with Gasteiger partial charge in [-0.2, -0.15) is 0 Å². The van der Waals surface area contributed by atoms with Gasteiger partial charge in [-0.3, -0.25) is 4.90 Å². The molecule has 7 heteroatoms. The van der Waals surface area contributed by atoms with E-state index in [9.17, 15) is 8.42 Å². The molecule has 2 aromatic carbocycles. The molecule has 1 aliphatic heterocycles. The molecule has 2 heterocycles. The van der Waals surface area contributed by atoms with Crippen molar-refractivity contribution in [1.82, 2.24) is 14.9 Å². The molecule has 1 fully saturated rings. The van der Waals surface area contributed by atoms with Gasteiger partial charge in [0.25, 0.3) is 0 Å². The summed E-state index contributed by atoms with van der Waals surface area (Å²) in [6, 6.07) is 13.8. The third kappa shape index (κ3) is 4.54. The van der Waals surface area contributed by atoms with Crippen molar-refractivity contribution < 1.29 is 13.2 Å². The summed E-state index contributed by atoms with van der Waals surface area (Å²) in [5.74, 6) is 1.21. The zero-order chi connectivity index (χ0) is 22.1. The molecular weight excluding hydrogens is 422 g/mol. The summed E-state index contributed by atoms with van der Waals surface area (Å²) in [4.78, 5) is 11.8. The van der Waals surface area contributed by atoms with Crippen LogP contribution >= 0.6 is 0 Å². The third-order valence-corrected chi connectivity index (χ3v) is 7.66. The molecule has 166 valence electrons. The third-order valence-electron chi connectivity index (χ3n) is 6.53. The summed E-state index contributed by atoms with van der Waals surface area (Å²) in [5, 5.41) is 0. The van der Waals surface area contributed by atoms with Gasteiger partial charge >= 0.3 is 0 Å². The molecule has 0 spiro atoms. The summed E-state index contributed by atoms with van der Waals surface area (Å²) in [6.45, 7) is 2.27. The first kappa shape index (κ1) is 21.1. The van der Waals surface area contributed by atoms with Gasteiger partial charge in [0.05, 0.1) is 23.0 Å². The second-order valence-electron chi connectivity index (χ2n) is 8.69. The molecule has 0 radical (unpaired) electrons. The van der Waals surface area contributed by atoms with Gasteiger partial charge in [-0.15, -0.1) is 0 Å². The monoisotopic (exact) mass is 449 g/mol. The highest BCUT2D eigenvalue weighted by molar-refractivity contribution is 7.90. The number of aromatic nitrogens is 2. The lowest BCUT2D eigenvalue weighted by Crippen LogP contribution is -2.41. The lowest BCUT2D eigenvalue weighted by molar-refractivity contribution is 0.133. The first-order valence-electron chi connectivity index (χ1n) is 11.1. The van der Waals surface area contributed by atoms with Crippen LogP contribution in [0.15, 0.2) is 59.8 Å². The van der Waals surface area contributed by atoms with Crippen LogP contribution < -0.4 is 4.74 Å². The van der Waals surface area contributed by atoms with E-state index in [2.05, 4.69) is 27.0 Å². The molecule has 0 unspecified atom stereocenters. The van der Waals surface area contributed by atoms with Crippen LogP contribution in [0.5, 0.6) is 11.6 Å². The molecule has 0 bridgehead atoms. The summed E-state index contributed by atoms with van der Waals surface area (Å²) in [5.41, 5.74) is 4.24. The van der Waals surface area contributed by atoms with Crippen LogP contribution in [0.4, 0.5) is 0 Å². The molecule has 1 aliphatic carbocycles. The fraction of sp³-hybridized carbons (Fsp3) is 0.360. The summed E-state index contributed by atoms with van der Waals surface area (Å²) < 4.78 is 29.2. The smallest absolute Gasteiger partial charge is 0.237 e. The van der Waals surface area contributed by atoms with E-state index in [1.807, 2.05) is 6.07 Å². The van der Waals surface area contributed by atoms with Crippen molar-refractivity contribution in [3.63, 3.8) is 0 Å². The van der Waals surface area contributed by atoms with Gasteiger partial charge in [-0.25, -0.2) is 18.4 Å². The summed E-state index contributed by atoms with van der Waals surface area (Å²) in [6.07, 6.45) is 10.7. The van der Waals surface area contributed by atoms with Crippen molar-refractivity contribution in [2.75, 3.05) is 19.3 Å². The van der Waals surface area contributed by atoms with Crippen LogP contribution in [0.3, 0.4) is 0 Å². The molecule has 0 atom stereocenters. The van der Waals surface area contributed by atoms with Gasteiger partial charge in [0.1, 0.15) is 5.75 Å². The van der Waals surface area contributed by atoms with Gasteiger partial charge in [0.2, 0.25) is 5.88 Å². The highest BCUT2D eigenvalue weighted by Gasteiger charge is 2.26. The maximum atomic E-state index is 11.6. The number of hydrogen-bond donors (Lipinski definition) is 0. The number of rotatable bonds is 5. The average Bonchev–Trinajstić information content (AvgIpc) is 2.95. The number of benzene rings is 2. The highest BCUT2D eigenvalue weighted by Crippen LogP contribution is 2.30. The van der Waals surface area contributed by atoms with Crippen molar-refractivity contribution in [3.8, 4) is 22.9 Å². The van der Waals surface area contributed by atoms with Gasteiger partial charge < -0.3 is 4.74 Å². The normalized spacial score (nSPS) is 17.3. The van der Waals surface area contributed by atoms with E-state index in [0.717, 1.165) is 43.3 Å². The Bertz CT molecular complexity index is 1200. The predicted molar refractivity (Wildman–Crippen MR) is 124 cm³/mol. The van der Waals surface area contributed by atoms with Crippen LogP contribution in [0.2, 0.25) is 0 Å². The molecule has 5 rings (SSSR count). The quantitative estimate of drug-likeness (QED) is 0.579. The Morgan fingerprint density at radius 2 is 1.69 bits per heavy atom. The minimum absolute atomic E-state index is 0.285. The van der Waals surface area contributed by atoms with Gasteiger partial charge in [0.15, 0.2) is 9.84 Å². The molecule has 0 N–H and O–H groups in total. The Kier molecular flexibility index (Phi) is 5.69. The maximum Gasteiger partial charge on any atom is 0.237 e. The number of hydrogen-bond acceptors (Lipinski definition) is 6. The molecule has 0 amide bonds. The van der Waals surface area contributed by atoms with Crippen LogP contribution in [0.1, 0.15) is 30.4 Å². The summed E-state index contributed by atoms with van der Waals surface area (Å²) >= 11 is 0.